The van der Waals surface area contributed by atoms with E-state index in [0.717, 1.165) is 17.4 Å². The van der Waals surface area contributed by atoms with Crippen molar-refractivity contribution < 1.29 is 9.21 Å². The Labute approximate surface area is 79.1 Å². The molecule has 1 aromatic carbocycles. The van der Waals surface area contributed by atoms with Crippen molar-refractivity contribution in [1.82, 2.24) is 4.98 Å². The van der Waals surface area contributed by atoms with Crippen molar-refractivity contribution >= 4 is 29.1 Å². The smallest absolute Gasteiger partial charge is 0.256 e. The number of rotatable bonds is 2. The zero-order valence-corrected chi connectivity index (χ0v) is 7.80. The van der Waals surface area contributed by atoms with Gasteiger partial charge in [0.15, 0.2) is 5.58 Å². The molecule has 0 saturated heterocycles. The highest BCUT2D eigenvalue weighted by Crippen LogP contribution is 2.21. The predicted octanol–water partition coefficient (Wildman–Crippen LogP) is 2.36. The summed E-state index contributed by atoms with van der Waals surface area (Å²) >= 11 is 1.44. The number of thioether (sulfide) groups is 1. The van der Waals surface area contributed by atoms with E-state index in [1.807, 2.05) is 6.26 Å². The molecule has 3 nitrogen and oxygen atoms in total. The minimum Gasteiger partial charge on any atom is -0.431 e. The highest BCUT2D eigenvalue weighted by molar-refractivity contribution is 7.98. The van der Waals surface area contributed by atoms with E-state index in [1.165, 1.54) is 11.8 Å². The third-order valence-corrected chi connectivity index (χ3v) is 2.23. The number of oxazole rings is 1. The molecule has 0 bridgehead atoms. The average molecular weight is 193 g/mol. The van der Waals surface area contributed by atoms with Crippen LogP contribution < -0.4 is 0 Å². The largest absolute Gasteiger partial charge is 0.431 e. The normalized spacial score (nSPS) is 10.5. The van der Waals surface area contributed by atoms with Crippen LogP contribution in [0.3, 0.4) is 0 Å². The highest BCUT2D eigenvalue weighted by atomic mass is 32.2. The van der Waals surface area contributed by atoms with Crippen LogP contribution >= 0.6 is 11.8 Å². The molecule has 13 heavy (non-hydrogen) atoms. The number of carbonyl (C=O) groups excluding carboxylic acids is 1. The first-order valence-corrected chi connectivity index (χ1v) is 4.95. The van der Waals surface area contributed by atoms with E-state index >= 15 is 0 Å². The molecule has 0 amide bonds. The number of hydrogen-bond acceptors (Lipinski definition) is 4. The highest BCUT2D eigenvalue weighted by Gasteiger charge is 2.04. The molecule has 0 aliphatic heterocycles. The number of nitrogens with zero attached hydrogens (tertiary/aromatic N) is 1. The number of fused-ring (bicyclic) bond motifs is 1. The summed E-state index contributed by atoms with van der Waals surface area (Å²) in [5.41, 5.74) is 2.07. The van der Waals surface area contributed by atoms with Gasteiger partial charge in [-0.15, -0.1) is 0 Å². The molecule has 0 N–H and O–H groups in total. The molecular formula is C9H7NO2S. The van der Waals surface area contributed by atoms with Crippen LogP contribution in [0, 0.1) is 0 Å². The van der Waals surface area contributed by atoms with E-state index in [9.17, 15) is 4.79 Å². The number of aromatic nitrogens is 1. The molecule has 66 valence electrons. The zero-order chi connectivity index (χ0) is 9.26. The van der Waals surface area contributed by atoms with Crippen LogP contribution in [-0.2, 0) is 0 Å². The average Bonchev–Trinajstić information content (AvgIpc) is 2.58. The van der Waals surface area contributed by atoms with Gasteiger partial charge in [-0.2, -0.15) is 0 Å². The first-order chi connectivity index (χ1) is 6.33. The van der Waals surface area contributed by atoms with Crippen molar-refractivity contribution in [1.29, 1.82) is 0 Å². The maximum atomic E-state index is 10.5. The van der Waals surface area contributed by atoms with Crippen molar-refractivity contribution in [3.8, 4) is 0 Å². The Balaban J connectivity index is 2.63. The van der Waals surface area contributed by atoms with Gasteiger partial charge in [0.25, 0.3) is 5.22 Å². The Morgan fingerprint density at radius 2 is 2.38 bits per heavy atom. The molecule has 0 fully saturated rings. The van der Waals surface area contributed by atoms with Gasteiger partial charge in [0.1, 0.15) is 11.8 Å². The Morgan fingerprint density at radius 3 is 3.08 bits per heavy atom. The molecule has 1 aromatic heterocycles. The standard InChI is InChI=1S/C9H7NO2S/c1-13-9-10-7-4-6(5-11)2-3-8(7)12-9/h2-5H,1H3. The van der Waals surface area contributed by atoms with Gasteiger partial charge >= 0.3 is 0 Å². The Kier molecular flexibility index (Phi) is 2.06. The summed E-state index contributed by atoms with van der Waals surface area (Å²) in [6.45, 7) is 0. The van der Waals surface area contributed by atoms with E-state index in [-0.39, 0.29) is 0 Å². The van der Waals surface area contributed by atoms with Crippen LogP contribution in [-0.4, -0.2) is 17.5 Å². The van der Waals surface area contributed by atoms with Gasteiger partial charge < -0.3 is 4.42 Å². The van der Waals surface area contributed by atoms with Crippen LogP contribution in [0.1, 0.15) is 10.4 Å². The third-order valence-electron chi connectivity index (χ3n) is 1.70. The van der Waals surface area contributed by atoms with Gasteiger partial charge in [-0.3, -0.25) is 4.79 Å². The summed E-state index contributed by atoms with van der Waals surface area (Å²) in [6.07, 6.45) is 2.69. The van der Waals surface area contributed by atoms with Crippen LogP contribution in [0.5, 0.6) is 0 Å². The fourth-order valence-corrected chi connectivity index (χ4v) is 1.45. The second kappa shape index (κ2) is 3.22. The molecule has 1 heterocycles. The number of hydrogen-bond donors (Lipinski definition) is 0. The zero-order valence-electron chi connectivity index (χ0n) is 6.98. The quantitative estimate of drug-likeness (QED) is 0.542. The molecular weight excluding hydrogens is 186 g/mol. The molecule has 2 rings (SSSR count). The lowest BCUT2D eigenvalue weighted by Crippen LogP contribution is -1.77. The monoisotopic (exact) mass is 193 g/mol. The maximum Gasteiger partial charge on any atom is 0.256 e. The van der Waals surface area contributed by atoms with E-state index in [4.69, 9.17) is 4.42 Å². The van der Waals surface area contributed by atoms with Crippen molar-refractivity contribution in [2.45, 2.75) is 5.22 Å². The summed E-state index contributed by atoms with van der Waals surface area (Å²) in [6, 6.07) is 5.18. The van der Waals surface area contributed by atoms with Crippen LogP contribution in [0.2, 0.25) is 0 Å². The minimum atomic E-state index is 0.619. The van der Waals surface area contributed by atoms with Crippen LogP contribution in [0.15, 0.2) is 27.8 Å². The molecule has 0 spiro atoms. The number of aldehydes is 1. The molecule has 0 saturated carbocycles. The van der Waals surface area contributed by atoms with E-state index in [0.29, 0.717) is 10.8 Å². The Bertz CT molecular complexity index is 450. The summed E-state index contributed by atoms with van der Waals surface area (Å²) in [4.78, 5) is 14.6. The molecule has 0 unspecified atom stereocenters. The second-order valence-electron chi connectivity index (χ2n) is 2.53. The van der Waals surface area contributed by atoms with Gasteiger partial charge in [0, 0.05) is 5.56 Å². The fourth-order valence-electron chi connectivity index (χ4n) is 1.08. The SMILES string of the molecule is CSc1nc2cc(C=O)ccc2o1. The summed E-state index contributed by atoms with van der Waals surface area (Å²) < 4.78 is 5.35. The van der Waals surface area contributed by atoms with Crippen molar-refractivity contribution in [2.24, 2.45) is 0 Å². The maximum absolute atomic E-state index is 10.5. The van der Waals surface area contributed by atoms with Crippen LogP contribution in [0.4, 0.5) is 0 Å². The third kappa shape index (κ3) is 1.45. The summed E-state index contributed by atoms with van der Waals surface area (Å²) in [5, 5.41) is 0.623. The predicted molar refractivity (Wildman–Crippen MR) is 51.2 cm³/mol. The van der Waals surface area contributed by atoms with E-state index < -0.39 is 0 Å². The molecule has 0 radical (unpaired) electrons. The summed E-state index contributed by atoms with van der Waals surface area (Å²) in [5.74, 6) is 0. The van der Waals surface area contributed by atoms with Crippen molar-refractivity contribution in [3.63, 3.8) is 0 Å². The molecule has 0 aliphatic carbocycles. The second-order valence-corrected chi connectivity index (χ2v) is 3.29. The number of benzene rings is 1. The molecule has 0 atom stereocenters. The molecule has 4 heteroatoms. The number of carbonyl (C=O) groups is 1. The fraction of sp³-hybridized carbons (Fsp3) is 0.111. The lowest BCUT2D eigenvalue weighted by Gasteiger charge is -1.86. The Hall–Kier alpha value is -1.29. The molecule has 2 aromatic rings. The van der Waals surface area contributed by atoms with E-state index in [2.05, 4.69) is 4.98 Å². The van der Waals surface area contributed by atoms with Gasteiger partial charge in [0.2, 0.25) is 0 Å². The minimum absolute atomic E-state index is 0.619. The molecule has 0 aliphatic rings. The lowest BCUT2D eigenvalue weighted by molar-refractivity contribution is 0.112. The first-order valence-electron chi connectivity index (χ1n) is 3.73. The van der Waals surface area contributed by atoms with Gasteiger partial charge in [-0.25, -0.2) is 4.98 Å². The summed E-state index contributed by atoms with van der Waals surface area (Å²) in [7, 11) is 0. The van der Waals surface area contributed by atoms with Crippen molar-refractivity contribution in [3.05, 3.63) is 23.8 Å². The van der Waals surface area contributed by atoms with E-state index in [1.54, 1.807) is 18.2 Å². The topological polar surface area (TPSA) is 43.1 Å². The Morgan fingerprint density at radius 1 is 1.54 bits per heavy atom. The first kappa shape index (κ1) is 8.31. The van der Waals surface area contributed by atoms with Gasteiger partial charge in [-0.05, 0) is 24.5 Å². The van der Waals surface area contributed by atoms with Gasteiger partial charge in [0.05, 0.1) is 0 Å². The van der Waals surface area contributed by atoms with Gasteiger partial charge in [-0.1, -0.05) is 11.8 Å². The van der Waals surface area contributed by atoms with Crippen LogP contribution in [0.25, 0.3) is 11.1 Å². The van der Waals surface area contributed by atoms with Crippen molar-refractivity contribution in [2.75, 3.05) is 6.26 Å². The lowest BCUT2D eigenvalue weighted by atomic mass is 10.2.